The first-order valence-corrected chi connectivity index (χ1v) is 9.74. The first-order chi connectivity index (χ1) is 12.3. The molecular weight excluding hydrogens is 356 g/mol. The SMILES string of the molecule is COc1ccc(S(=O)(=O)N2CCC[C@H](c3ccn(C)n3)C2)cc1C(N)=O. The van der Waals surface area contributed by atoms with Gasteiger partial charge in [0, 0.05) is 32.3 Å². The molecule has 2 N–H and O–H groups in total. The second kappa shape index (κ2) is 7.08. The van der Waals surface area contributed by atoms with Crippen LogP contribution in [-0.2, 0) is 17.1 Å². The Bertz CT molecular complexity index is 923. The first-order valence-electron chi connectivity index (χ1n) is 8.30. The topological polar surface area (TPSA) is 108 Å². The van der Waals surface area contributed by atoms with Crippen molar-refractivity contribution in [1.29, 1.82) is 0 Å². The Morgan fingerprint density at radius 1 is 1.35 bits per heavy atom. The number of primary amides is 1. The third-order valence-electron chi connectivity index (χ3n) is 4.61. The van der Waals surface area contributed by atoms with Crippen molar-refractivity contribution in [2.45, 2.75) is 23.7 Å². The summed E-state index contributed by atoms with van der Waals surface area (Å²) in [6, 6.07) is 6.08. The molecule has 8 nitrogen and oxygen atoms in total. The van der Waals surface area contributed by atoms with Gasteiger partial charge < -0.3 is 10.5 Å². The number of benzene rings is 1. The molecule has 0 unspecified atom stereocenters. The maximum atomic E-state index is 13.1. The monoisotopic (exact) mass is 378 g/mol. The van der Waals surface area contributed by atoms with E-state index < -0.39 is 15.9 Å². The predicted octanol–water partition coefficient (Wildman–Crippen LogP) is 1.10. The predicted molar refractivity (Wildman–Crippen MR) is 95.5 cm³/mol. The van der Waals surface area contributed by atoms with Gasteiger partial charge in [0.15, 0.2) is 0 Å². The van der Waals surface area contributed by atoms with Gasteiger partial charge in [-0.25, -0.2) is 8.42 Å². The van der Waals surface area contributed by atoms with Gasteiger partial charge in [0.25, 0.3) is 5.91 Å². The van der Waals surface area contributed by atoms with Crippen molar-refractivity contribution < 1.29 is 17.9 Å². The number of sulfonamides is 1. The highest BCUT2D eigenvalue weighted by Crippen LogP contribution is 2.31. The Hall–Kier alpha value is -2.39. The minimum absolute atomic E-state index is 0.0359. The fourth-order valence-electron chi connectivity index (χ4n) is 3.24. The average Bonchev–Trinajstić information content (AvgIpc) is 3.07. The molecule has 1 aromatic heterocycles. The van der Waals surface area contributed by atoms with Crippen molar-refractivity contribution in [3.8, 4) is 5.75 Å². The average molecular weight is 378 g/mol. The summed E-state index contributed by atoms with van der Waals surface area (Å²) in [7, 11) is -0.504. The highest BCUT2D eigenvalue weighted by Gasteiger charge is 2.32. The van der Waals surface area contributed by atoms with Crippen LogP contribution in [0.15, 0.2) is 35.4 Å². The molecule has 0 aliphatic carbocycles. The van der Waals surface area contributed by atoms with Crippen LogP contribution in [0.5, 0.6) is 5.75 Å². The van der Waals surface area contributed by atoms with E-state index in [1.165, 1.54) is 29.6 Å². The van der Waals surface area contributed by atoms with E-state index in [9.17, 15) is 13.2 Å². The molecule has 1 atom stereocenters. The van der Waals surface area contributed by atoms with E-state index in [0.717, 1.165) is 18.5 Å². The van der Waals surface area contributed by atoms with Crippen molar-refractivity contribution in [3.63, 3.8) is 0 Å². The molecule has 1 saturated heterocycles. The maximum absolute atomic E-state index is 13.1. The molecule has 1 amide bonds. The standard InChI is InChI=1S/C17H22N4O4S/c1-20-9-7-15(19-20)12-4-3-8-21(11-12)26(23,24)13-5-6-16(25-2)14(10-13)17(18)22/h5-7,9-10,12H,3-4,8,11H2,1-2H3,(H2,18,22)/t12-/m0/s1. The zero-order valence-electron chi connectivity index (χ0n) is 14.8. The largest absolute Gasteiger partial charge is 0.496 e. The number of piperidine rings is 1. The van der Waals surface area contributed by atoms with Crippen molar-refractivity contribution in [1.82, 2.24) is 14.1 Å². The lowest BCUT2D eigenvalue weighted by Gasteiger charge is -2.31. The van der Waals surface area contributed by atoms with E-state index in [1.807, 2.05) is 19.3 Å². The summed E-state index contributed by atoms with van der Waals surface area (Å²) in [5.41, 5.74) is 6.28. The van der Waals surface area contributed by atoms with Gasteiger partial charge in [-0.15, -0.1) is 0 Å². The number of nitrogens with two attached hydrogens (primary N) is 1. The minimum atomic E-state index is -3.74. The third kappa shape index (κ3) is 3.45. The molecule has 1 aliphatic heterocycles. The Balaban J connectivity index is 1.90. The summed E-state index contributed by atoms with van der Waals surface area (Å²) in [4.78, 5) is 11.6. The number of amides is 1. The molecular formula is C17H22N4O4S. The smallest absolute Gasteiger partial charge is 0.252 e. The Labute approximate surface area is 152 Å². The highest BCUT2D eigenvalue weighted by molar-refractivity contribution is 7.89. The fourth-order valence-corrected chi connectivity index (χ4v) is 4.79. The number of hydrogen-bond donors (Lipinski definition) is 1. The number of carbonyl (C=O) groups is 1. The number of hydrogen-bond acceptors (Lipinski definition) is 5. The van der Waals surface area contributed by atoms with Crippen molar-refractivity contribution in [2.24, 2.45) is 12.8 Å². The molecule has 3 rings (SSSR count). The normalized spacial score (nSPS) is 18.6. The number of methoxy groups -OCH3 is 1. The summed E-state index contributed by atoms with van der Waals surface area (Å²) < 4.78 is 34.3. The molecule has 1 fully saturated rings. The quantitative estimate of drug-likeness (QED) is 0.838. The lowest BCUT2D eigenvalue weighted by atomic mass is 9.96. The summed E-state index contributed by atoms with van der Waals surface area (Å²) in [5.74, 6) is -0.432. The van der Waals surface area contributed by atoms with Crippen LogP contribution in [0.4, 0.5) is 0 Å². The molecule has 1 aromatic carbocycles. The number of nitrogens with zero attached hydrogens (tertiary/aromatic N) is 3. The number of ether oxygens (including phenoxy) is 1. The number of aryl methyl sites for hydroxylation is 1. The van der Waals surface area contributed by atoms with Crippen LogP contribution in [0.2, 0.25) is 0 Å². The zero-order valence-corrected chi connectivity index (χ0v) is 15.6. The summed E-state index contributed by atoms with van der Waals surface area (Å²) >= 11 is 0. The summed E-state index contributed by atoms with van der Waals surface area (Å²) in [6.07, 6.45) is 3.49. The van der Waals surface area contributed by atoms with Gasteiger partial charge in [0.1, 0.15) is 5.75 Å². The summed E-state index contributed by atoms with van der Waals surface area (Å²) in [6.45, 7) is 0.793. The van der Waals surface area contributed by atoms with Crippen molar-refractivity contribution in [2.75, 3.05) is 20.2 Å². The second-order valence-electron chi connectivity index (χ2n) is 6.34. The molecule has 26 heavy (non-hydrogen) atoms. The summed E-state index contributed by atoms with van der Waals surface area (Å²) in [5, 5.41) is 4.40. The van der Waals surface area contributed by atoms with Crippen LogP contribution in [0.25, 0.3) is 0 Å². The molecule has 1 aliphatic rings. The van der Waals surface area contributed by atoms with Crippen LogP contribution in [0.3, 0.4) is 0 Å². The van der Waals surface area contributed by atoms with E-state index in [2.05, 4.69) is 5.10 Å². The van der Waals surface area contributed by atoms with E-state index in [0.29, 0.717) is 13.1 Å². The minimum Gasteiger partial charge on any atom is -0.496 e. The van der Waals surface area contributed by atoms with Crippen LogP contribution in [0.1, 0.15) is 34.8 Å². The Morgan fingerprint density at radius 3 is 2.73 bits per heavy atom. The van der Waals surface area contributed by atoms with Crippen molar-refractivity contribution in [3.05, 3.63) is 41.7 Å². The highest BCUT2D eigenvalue weighted by atomic mass is 32.2. The zero-order chi connectivity index (χ0) is 18.9. The van der Waals surface area contributed by atoms with E-state index in [-0.39, 0.29) is 22.1 Å². The van der Waals surface area contributed by atoms with Gasteiger partial charge >= 0.3 is 0 Å². The van der Waals surface area contributed by atoms with E-state index >= 15 is 0 Å². The van der Waals surface area contributed by atoms with Gasteiger partial charge in [0.2, 0.25) is 10.0 Å². The van der Waals surface area contributed by atoms with Crippen LogP contribution in [-0.4, -0.2) is 48.6 Å². The number of rotatable bonds is 5. The van der Waals surface area contributed by atoms with Gasteiger partial charge in [-0.05, 0) is 37.1 Å². The van der Waals surface area contributed by atoms with Gasteiger partial charge in [-0.3, -0.25) is 9.48 Å². The molecule has 2 heterocycles. The van der Waals surface area contributed by atoms with Crippen LogP contribution < -0.4 is 10.5 Å². The lowest BCUT2D eigenvalue weighted by molar-refractivity contribution is 0.0997. The molecule has 140 valence electrons. The van der Waals surface area contributed by atoms with E-state index in [4.69, 9.17) is 10.5 Å². The Kier molecular flexibility index (Phi) is 5.01. The van der Waals surface area contributed by atoms with Crippen LogP contribution in [0, 0.1) is 0 Å². The molecule has 0 radical (unpaired) electrons. The van der Waals surface area contributed by atoms with Gasteiger partial charge in [-0.2, -0.15) is 9.40 Å². The second-order valence-corrected chi connectivity index (χ2v) is 8.28. The number of aromatic nitrogens is 2. The molecule has 0 saturated carbocycles. The molecule has 9 heteroatoms. The van der Waals surface area contributed by atoms with Crippen molar-refractivity contribution >= 4 is 15.9 Å². The molecule has 0 spiro atoms. The lowest BCUT2D eigenvalue weighted by Crippen LogP contribution is -2.39. The maximum Gasteiger partial charge on any atom is 0.252 e. The fraction of sp³-hybridized carbons (Fsp3) is 0.412. The first kappa shape index (κ1) is 18.4. The Morgan fingerprint density at radius 2 is 2.12 bits per heavy atom. The third-order valence-corrected chi connectivity index (χ3v) is 6.47. The number of carbonyl (C=O) groups excluding carboxylic acids is 1. The molecule has 2 aromatic rings. The van der Waals surface area contributed by atoms with Crippen LogP contribution >= 0.6 is 0 Å². The van der Waals surface area contributed by atoms with Gasteiger partial charge in [-0.1, -0.05) is 0 Å². The molecule has 0 bridgehead atoms. The van der Waals surface area contributed by atoms with E-state index in [1.54, 1.807) is 4.68 Å². The van der Waals surface area contributed by atoms with Gasteiger partial charge in [0.05, 0.1) is 23.3 Å².